The molecule has 2 heterocycles. The van der Waals surface area contributed by atoms with E-state index in [4.69, 9.17) is 4.42 Å². The van der Waals surface area contributed by atoms with Crippen LogP contribution in [0.4, 0.5) is 10.1 Å². The van der Waals surface area contributed by atoms with Crippen LogP contribution in [0, 0.1) is 12.7 Å². The second-order valence-corrected chi connectivity index (χ2v) is 6.61. The molecule has 2 aromatic rings. The van der Waals surface area contributed by atoms with Gasteiger partial charge < -0.3 is 14.6 Å². The third kappa shape index (κ3) is 3.57. The zero-order chi connectivity index (χ0) is 18.1. The van der Waals surface area contributed by atoms with Crippen LogP contribution in [-0.2, 0) is 16.1 Å². The molecule has 0 unspecified atom stereocenters. The van der Waals surface area contributed by atoms with Gasteiger partial charge in [0.25, 0.3) is 0 Å². The largest absolute Gasteiger partial charge is 0.464 e. The Hall–Kier alpha value is -2.63. The van der Waals surface area contributed by atoms with Gasteiger partial charge in [0.05, 0.1) is 12.5 Å². The fourth-order valence-corrected chi connectivity index (χ4v) is 3.11. The summed E-state index contributed by atoms with van der Waals surface area (Å²) in [4.78, 5) is 26.8. The first-order chi connectivity index (χ1) is 11.8. The van der Waals surface area contributed by atoms with Crippen molar-refractivity contribution in [1.29, 1.82) is 0 Å². The Morgan fingerprint density at radius 3 is 2.76 bits per heavy atom. The summed E-state index contributed by atoms with van der Waals surface area (Å²) in [5.41, 5.74) is 1.01. The summed E-state index contributed by atoms with van der Waals surface area (Å²) in [6, 6.07) is 7.77. The number of furan rings is 1. The first-order valence-electron chi connectivity index (χ1n) is 8.30. The molecule has 2 amide bonds. The van der Waals surface area contributed by atoms with Gasteiger partial charge in [0.2, 0.25) is 11.8 Å². The van der Waals surface area contributed by atoms with Crippen LogP contribution in [0.2, 0.25) is 0 Å². The minimum atomic E-state index is -0.622. The second-order valence-electron chi connectivity index (χ2n) is 6.61. The van der Waals surface area contributed by atoms with Crippen LogP contribution in [0.15, 0.2) is 34.7 Å². The lowest BCUT2D eigenvalue weighted by Crippen LogP contribution is -2.41. The lowest BCUT2D eigenvalue weighted by atomic mass is 9.89. The molecule has 1 atom stereocenters. The van der Waals surface area contributed by atoms with E-state index in [2.05, 4.69) is 5.32 Å². The molecule has 1 aromatic carbocycles. The zero-order valence-electron chi connectivity index (χ0n) is 14.5. The molecule has 0 saturated carbocycles. The Morgan fingerprint density at radius 1 is 1.36 bits per heavy atom. The molecule has 1 N–H and O–H groups in total. The molecule has 1 aliphatic heterocycles. The number of fused-ring (bicyclic) bond motifs is 1. The zero-order valence-corrected chi connectivity index (χ0v) is 14.5. The van der Waals surface area contributed by atoms with E-state index in [0.29, 0.717) is 23.6 Å². The molecule has 25 heavy (non-hydrogen) atoms. The van der Waals surface area contributed by atoms with Gasteiger partial charge in [0.15, 0.2) is 0 Å². The van der Waals surface area contributed by atoms with Crippen molar-refractivity contribution in [2.24, 2.45) is 0 Å². The van der Waals surface area contributed by atoms with Crippen LogP contribution in [0.3, 0.4) is 0 Å². The maximum atomic E-state index is 13.5. The van der Waals surface area contributed by atoms with Crippen LogP contribution in [0.1, 0.15) is 43.3 Å². The lowest BCUT2D eigenvalue weighted by molar-refractivity contribution is -0.137. The minimum absolute atomic E-state index is 0.0534. The summed E-state index contributed by atoms with van der Waals surface area (Å²) in [5.74, 6) is -0.0364. The highest BCUT2D eigenvalue weighted by atomic mass is 19.1. The highest BCUT2D eigenvalue weighted by molar-refractivity contribution is 6.01. The number of amides is 2. The Labute approximate surface area is 145 Å². The first-order valence-corrected chi connectivity index (χ1v) is 8.30. The molecule has 132 valence electrons. The van der Waals surface area contributed by atoms with E-state index in [9.17, 15) is 14.0 Å². The Balaban J connectivity index is 1.91. The maximum absolute atomic E-state index is 13.5. The fourth-order valence-electron chi connectivity index (χ4n) is 3.11. The summed E-state index contributed by atoms with van der Waals surface area (Å²) < 4.78 is 19.1. The fraction of sp³-hybridized carbons (Fsp3) is 0.368. The van der Waals surface area contributed by atoms with Crippen molar-refractivity contribution in [3.05, 3.63) is 53.2 Å². The quantitative estimate of drug-likeness (QED) is 0.922. The molecular weight excluding hydrogens is 323 g/mol. The van der Waals surface area contributed by atoms with E-state index in [-0.39, 0.29) is 24.3 Å². The summed E-state index contributed by atoms with van der Waals surface area (Å²) in [6.45, 7) is 6.02. The third-order valence-electron chi connectivity index (χ3n) is 4.38. The number of anilines is 1. The van der Waals surface area contributed by atoms with Crippen LogP contribution in [-0.4, -0.2) is 22.8 Å². The third-order valence-corrected chi connectivity index (χ3v) is 4.38. The van der Waals surface area contributed by atoms with Gasteiger partial charge in [-0.05, 0) is 50.6 Å². The van der Waals surface area contributed by atoms with Crippen LogP contribution < -0.4 is 5.32 Å². The molecular formula is C19H21FN2O3. The topological polar surface area (TPSA) is 62.6 Å². The number of benzene rings is 1. The molecule has 1 aliphatic rings. The average Bonchev–Trinajstić information content (AvgIpc) is 2.95. The van der Waals surface area contributed by atoms with Crippen LogP contribution >= 0.6 is 0 Å². The molecule has 0 saturated heterocycles. The lowest BCUT2D eigenvalue weighted by Gasteiger charge is -2.32. The minimum Gasteiger partial charge on any atom is -0.464 e. The van der Waals surface area contributed by atoms with Gasteiger partial charge in [0.1, 0.15) is 17.3 Å². The standard InChI is InChI=1S/C19H21FN2O3/c1-11(2)22(10-14-6-4-12(3)25-14)19(24)16-9-18(23)21-17-8-13(20)5-7-15(16)17/h4-8,11,16H,9-10H2,1-3H3,(H,21,23)/t16-/m1/s1. The first kappa shape index (κ1) is 17.2. The normalized spacial score (nSPS) is 16.5. The van der Waals surface area contributed by atoms with Gasteiger partial charge in [-0.15, -0.1) is 0 Å². The molecule has 0 fully saturated rings. The van der Waals surface area contributed by atoms with Gasteiger partial charge in [0, 0.05) is 18.2 Å². The van der Waals surface area contributed by atoms with Crippen molar-refractivity contribution in [3.8, 4) is 0 Å². The Morgan fingerprint density at radius 2 is 2.12 bits per heavy atom. The van der Waals surface area contributed by atoms with Gasteiger partial charge >= 0.3 is 0 Å². The number of aryl methyl sites for hydroxylation is 1. The predicted octanol–water partition coefficient (Wildman–Crippen LogP) is 3.59. The van der Waals surface area contributed by atoms with Crippen LogP contribution in [0.25, 0.3) is 0 Å². The number of halogens is 1. The summed E-state index contributed by atoms with van der Waals surface area (Å²) in [7, 11) is 0. The van der Waals surface area contributed by atoms with E-state index in [1.54, 1.807) is 11.0 Å². The number of hydrogen-bond acceptors (Lipinski definition) is 3. The van der Waals surface area contributed by atoms with Gasteiger partial charge in [-0.1, -0.05) is 6.07 Å². The van der Waals surface area contributed by atoms with Gasteiger partial charge in [-0.25, -0.2) is 4.39 Å². The predicted molar refractivity (Wildman–Crippen MR) is 91.5 cm³/mol. The summed E-state index contributed by atoms with van der Waals surface area (Å²) in [5, 5.41) is 2.64. The van der Waals surface area contributed by atoms with Gasteiger partial charge in [-0.3, -0.25) is 9.59 Å². The van der Waals surface area contributed by atoms with Crippen molar-refractivity contribution in [1.82, 2.24) is 4.90 Å². The van der Waals surface area contributed by atoms with Crippen molar-refractivity contribution in [2.75, 3.05) is 5.32 Å². The van der Waals surface area contributed by atoms with Crippen molar-refractivity contribution >= 4 is 17.5 Å². The van der Waals surface area contributed by atoms with Gasteiger partial charge in [-0.2, -0.15) is 0 Å². The van der Waals surface area contributed by atoms with E-state index in [1.807, 2.05) is 32.9 Å². The van der Waals surface area contributed by atoms with Crippen molar-refractivity contribution in [3.63, 3.8) is 0 Å². The Kier molecular flexibility index (Phi) is 4.61. The van der Waals surface area contributed by atoms with E-state index in [1.165, 1.54) is 12.1 Å². The summed E-state index contributed by atoms with van der Waals surface area (Å²) in [6.07, 6.45) is 0.0534. The van der Waals surface area contributed by atoms with E-state index < -0.39 is 11.7 Å². The van der Waals surface area contributed by atoms with E-state index >= 15 is 0 Å². The van der Waals surface area contributed by atoms with Crippen molar-refractivity contribution < 1.29 is 18.4 Å². The smallest absolute Gasteiger partial charge is 0.231 e. The average molecular weight is 344 g/mol. The number of nitrogens with zero attached hydrogens (tertiary/aromatic N) is 1. The highest BCUT2D eigenvalue weighted by Gasteiger charge is 2.34. The highest BCUT2D eigenvalue weighted by Crippen LogP contribution is 2.34. The monoisotopic (exact) mass is 344 g/mol. The molecule has 6 heteroatoms. The number of carbonyl (C=O) groups excluding carboxylic acids is 2. The number of rotatable bonds is 4. The number of hydrogen-bond donors (Lipinski definition) is 1. The molecule has 0 radical (unpaired) electrons. The Bertz CT molecular complexity index is 813. The summed E-state index contributed by atoms with van der Waals surface area (Å²) >= 11 is 0. The molecule has 0 aliphatic carbocycles. The second kappa shape index (κ2) is 6.70. The van der Waals surface area contributed by atoms with E-state index in [0.717, 1.165) is 5.76 Å². The van der Waals surface area contributed by atoms with Crippen LogP contribution in [0.5, 0.6) is 0 Å². The van der Waals surface area contributed by atoms with Crippen molar-refractivity contribution in [2.45, 2.75) is 45.7 Å². The molecule has 0 spiro atoms. The SMILES string of the molecule is Cc1ccc(CN(C(=O)[C@@H]2CC(=O)Nc3cc(F)ccc32)C(C)C)o1. The molecule has 3 rings (SSSR count). The molecule has 1 aromatic heterocycles. The molecule has 0 bridgehead atoms. The number of nitrogens with one attached hydrogen (secondary N) is 1. The molecule has 5 nitrogen and oxygen atoms in total. The maximum Gasteiger partial charge on any atom is 0.231 e. The number of carbonyl (C=O) groups is 2.